The van der Waals surface area contributed by atoms with Gasteiger partial charge >= 0.3 is 0 Å². The maximum atomic E-state index is 12.6. The van der Waals surface area contributed by atoms with Gasteiger partial charge in [0.2, 0.25) is 0 Å². The fraction of sp³-hybridized carbons (Fsp3) is 0.692. The van der Waals surface area contributed by atoms with E-state index in [4.69, 9.17) is 0 Å². The summed E-state index contributed by atoms with van der Waals surface area (Å²) in [5.74, 6) is 0.126. The van der Waals surface area contributed by atoms with Crippen LogP contribution in [0.3, 0.4) is 0 Å². The first-order valence-corrected chi connectivity index (χ1v) is 7.74. The highest BCUT2D eigenvalue weighted by molar-refractivity contribution is 9.09. The average Bonchev–Trinajstić information content (AvgIpc) is 2.64. The van der Waals surface area contributed by atoms with E-state index in [9.17, 15) is 4.79 Å². The number of aromatic nitrogens is 2. The molecule has 6 heteroatoms. The lowest BCUT2D eigenvalue weighted by Crippen LogP contribution is -2.49. The third-order valence-electron chi connectivity index (χ3n) is 3.78. The summed E-state index contributed by atoms with van der Waals surface area (Å²) < 4.78 is 1.78. The molecule has 0 spiro atoms. The van der Waals surface area contributed by atoms with E-state index in [2.05, 4.69) is 25.9 Å². The van der Waals surface area contributed by atoms with Gasteiger partial charge in [0.1, 0.15) is 0 Å². The van der Waals surface area contributed by atoms with Crippen molar-refractivity contribution in [3.63, 3.8) is 0 Å². The molecule has 106 valence electrons. The Kier molecular flexibility index (Phi) is 4.62. The van der Waals surface area contributed by atoms with Crippen LogP contribution in [0.2, 0.25) is 0 Å². The van der Waals surface area contributed by atoms with Crippen molar-refractivity contribution in [2.45, 2.75) is 13.8 Å². The number of halogens is 1. The van der Waals surface area contributed by atoms with E-state index < -0.39 is 0 Å². The summed E-state index contributed by atoms with van der Waals surface area (Å²) >= 11 is 3.45. The maximum absolute atomic E-state index is 12.6. The summed E-state index contributed by atoms with van der Waals surface area (Å²) in [4.78, 5) is 16.9. The zero-order valence-electron chi connectivity index (χ0n) is 11.8. The highest BCUT2D eigenvalue weighted by Crippen LogP contribution is 2.16. The van der Waals surface area contributed by atoms with Gasteiger partial charge in [0.05, 0.1) is 11.3 Å². The Morgan fingerprint density at radius 3 is 2.37 bits per heavy atom. The Morgan fingerprint density at radius 1 is 1.26 bits per heavy atom. The molecule has 2 rings (SSSR count). The van der Waals surface area contributed by atoms with Crippen molar-refractivity contribution in [2.24, 2.45) is 7.05 Å². The lowest BCUT2D eigenvalue weighted by atomic mass is 10.1. The van der Waals surface area contributed by atoms with Crippen molar-refractivity contribution in [2.75, 3.05) is 38.1 Å². The van der Waals surface area contributed by atoms with E-state index >= 15 is 0 Å². The number of carbonyl (C=O) groups excluding carboxylic acids is 1. The molecule has 0 bridgehead atoms. The zero-order chi connectivity index (χ0) is 14.0. The SMILES string of the molecule is Cc1nn(C)c(C)c1C(=O)N1CCN(CCBr)CC1. The zero-order valence-corrected chi connectivity index (χ0v) is 13.4. The van der Waals surface area contributed by atoms with Crippen molar-refractivity contribution in [3.05, 3.63) is 17.0 Å². The summed E-state index contributed by atoms with van der Waals surface area (Å²) in [6.45, 7) is 8.42. The molecular weight excluding hydrogens is 308 g/mol. The molecule has 1 aliphatic rings. The Balaban J connectivity index is 2.05. The van der Waals surface area contributed by atoms with Crippen molar-refractivity contribution < 1.29 is 4.79 Å². The van der Waals surface area contributed by atoms with Gasteiger partial charge in [-0.15, -0.1) is 0 Å². The first-order chi connectivity index (χ1) is 9.04. The number of hydrogen-bond donors (Lipinski definition) is 0. The molecule has 2 heterocycles. The Morgan fingerprint density at radius 2 is 1.89 bits per heavy atom. The Bertz CT molecular complexity index is 463. The van der Waals surface area contributed by atoms with Crippen molar-refractivity contribution in [1.29, 1.82) is 0 Å². The molecule has 1 aliphatic heterocycles. The van der Waals surface area contributed by atoms with Crippen LogP contribution < -0.4 is 0 Å². The van der Waals surface area contributed by atoms with Crippen LogP contribution in [-0.4, -0.2) is 63.5 Å². The number of amides is 1. The summed E-state index contributed by atoms with van der Waals surface area (Å²) in [5.41, 5.74) is 2.55. The van der Waals surface area contributed by atoms with Crippen molar-refractivity contribution in [1.82, 2.24) is 19.6 Å². The monoisotopic (exact) mass is 328 g/mol. The first kappa shape index (κ1) is 14.5. The summed E-state index contributed by atoms with van der Waals surface area (Å²) in [6.07, 6.45) is 0. The number of carbonyl (C=O) groups is 1. The predicted molar refractivity (Wildman–Crippen MR) is 78.8 cm³/mol. The van der Waals surface area contributed by atoms with E-state index in [0.29, 0.717) is 0 Å². The second-order valence-corrected chi connectivity index (χ2v) is 5.79. The standard InChI is InChI=1S/C13H21BrN4O/c1-10-12(11(2)16(3)15-10)13(19)18-8-6-17(5-4-14)7-9-18/h4-9H2,1-3H3. The minimum Gasteiger partial charge on any atom is -0.336 e. The van der Waals surface area contributed by atoms with Crippen molar-refractivity contribution >= 4 is 21.8 Å². The summed E-state index contributed by atoms with van der Waals surface area (Å²) in [5, 5.41) is 5.31. The third-order valence-corrected chi connectivity index (χ3v) is 4.14. The van der Waals surface area contributed by atoms with Crippen LogP contribution in [0.5, 0.6) is 0 Å². The number of nitrogens with zero attached hydrogens (tertiary/aromatic N) is 4. The lowest BCUT2D eigenvalue weighted by molar-refractivity contribution is 0.0643. The van der Waals surface area contributed by atoms with Crippen LogP contribution in [-0.2, 0) is 7.05 Å². The number of piperazine rings is 1. The Hall–Kier alpha value is -0.880. The van der Waals surface area contributed by atoms with Gasteiger partial charge in [0, 0.05) is 50.8 Å². The van der Waals surface area contributed by atoms with Gasteiger partial charge in [0.25, 0.3) is 5.91 Å². The number of hydrogen-bond acceptors (Lipinski definition) is 3. The van der Waals surface area contributed by atoms with Crippen LogP contribution >= 0.6 is 15.9 Å². The highest BCUT2D eigenvalue weighted by atomic mass is 79.9. The molecule has 1 amide bonds. The number of rotatable bonds is 3. The van der Waals surface area contributed by atoms with Gasteiger partial charge in [-0.2, -0.15) is 5.10 Å². The molecule has 0 unspecified atom stereocenters. The largest absolute Gasteiger partial charge is 0.336 e. The number of aryl methyl sites for hydroxylation is 2. The molecule has 5 nitrogen and oxygen atoms in total. The minimum absolute atomic E-state index is 0.126. The second-order valence-electron chi connectivity index (χ2n) is 4.99. The first-order valence-electron chi connectivity index (χ1n) is 6.62. The van der Waals surface area contributed by atoms with Gasteiger partial charge in [-0.3, -0.25) is 14.4 Å². The average molecular weight is 329 g/mol. The summed E-state index contributed by atoms with van der Waals surface area (Å²) in [7, 11) is 1.88. The second kappa shape index (κ2) is 6.05. The van der Waals surface area contributed by atoms with E-state index in [1.54, 1.807) is 4.68 Å². The topological polar surface area (TPSA) is 41.4 Å². The van der Waals surface area contributed by atoms with E-state index in [0.717, 1.165) is 55.0 Å². The fourth-order valence-electron chi connectivity index (χ4n) is 2.54. The Labute approximate surface area is 122 Å². The van der Waals surface area contributed by atoms with E-state index in [1.165, 1.54) is 0 Å². The van der Waals surface area contributed by atoms with Gasteiger partial charge in [-0.25, -0.2) is 0 Å². The maximum Gasteiger partial charge on any atom is 0.257 e. The van der Waals surface area contributed by atoms with Crippen LogP contribution in [0, 0.1) is 13.8 Å². The lowest BCUT2D eigenvalue weighted by Gasteiger charge is -2.34. The van der Waals surface area contributed by atoms with Crippen LogP contribution in [0.1, 0.15) is 21.7 Å². The van der Waals surface area contributed by atoms with Crippen LogP contribution in [0.15, 0.2) is 0 Å². The minimum atomic E-state index is 0.126. The molecule has 1 aromatic heterocycles. The predicted octanol–water partition coefficient (Wildman–Crippen LogP) is 1.19. The summed E-state index contributed by atoms with van der Waals surface area (Å²) in [6, 6.07) is 0. The smallest absolute Gasteiger partial charge is 0.257 e. The normalized spacial score (nSPS) is 16.9. The van der Waals surface area contributed by atoms with Crippen LogP contribution in [0.25, 0.3) is 0 Å². The molecule has 1 saturated heterocycles. The van der Waals surface area contributed by atoms with Gasteiger partial charge < -0.3 is 4.90 Å². The van der Waals surface area contributed by atoms with Crippen LogP contribution in [0.4, 0.5) is 0 Å². The molecule has 0 saturated carbocycles. The molecule has 0 radical (unpaired) electrons. The number of alkyl halides is 1. The fourth-order valence-corrected chi connectivity index (χ4v) is 3.04. The molecule has 0 atom stereocenters. The molecule has 0 aliphatic carbocycles. The molecule has 0 N–H and O–H groups in total. The quantitative estimate of drug-likeness (QED) is 0.783. The molecular formula is C13H21BrN4O. The van der Waals surface area contributed by atoms with Gasteiger partial charge in [-0.1, -0.05) is 15.9 Å². The third kappa shape index (κ3) is 3.00. The van der Waals surface area contributed by atoms with Crippen molar-refractivity contribution in [3.8, 4) is 0 Å². The van der Waals surface area contributed by atoms with E-state index in [-0.39, 0.29) is 5.91 Å². The molecule has 19 heavy (non-hydrogen) atoms. The highest BCUT2D eigenvalue weighted by Gasteiger charge is 2.26. The van der Waals surface area contributed by atoms with Gasteiger partial charge in [-0.05, 0) is 13.8 Å². The molecule has 1 fully saturated rings. The van der Waals surface area contributed by atoms with E-state index in [1.807, 2.05) is 25.8 Å². The molecule has 0 aromatic carbocycles. The molecule has 1 aromatic rings. The van der Waals surface area contributed by atoms with Gasteiger partial charge in [0.15, 0.2) is 0 Å².